The molecule has 0 atom stereocenters. The molecule has 0 fully saturated rings. The van der Waals surface area contributed by atoms with Crippen LogP contribution in [-0.4, -0.2) is 9.55 Å². The van der Waals surface area contributed by atoms with Crippen LogP contribution in [0, 0.1) is 52.9 Å². The van der Waals surface area contributed by atoms with Crippen molar-refractivity contribution in [3.8, 4) is 6.07 Å². The van der Waals surface area contributed by atoms with Gasteiger partial charge in [-0.3, -0.25) is 4.98 Å². The zero-order valence-electron chi connectivity index (χ0n) is 17.9. The molecule has 2 heterocycles. The standard InChI is InChI=1S/C25H27N3/c1-13-12-28(7)25-16(4)14(2)15(3)21(24(13)25)9-19-8-20-17(5)22(11-26)18(6)27-23(20)10-19/h8,12H,9-10H2,1-7H3. The van der Waals surface area contributed by atoms with Crippen LogP contribution in [0.1, 0.15) is 55.9 Å². The van der Waals surface area contributed by atoms with Crippen LogP contribution in [0.3, 0.4) is 0 Å². The van der Waals surface area contributed by atoms with Gasteiger partial charge in [0.15, 0.2) is 0 Å². The van der Waals surface area contributed by atoms with Crippen molar-refractivity contribution in [1.82, 2.24) is 9.55 Å². The Morgan fingerprint density at radius 1 is 1.04 bits per heavy atom. The van der Waals surface area contributed by atoms with Gasteiger partial charge in [-0.25, -0.2) is 0 Å². The van der Waals surface area contributed by atoms with E-state index < -0.39 is 0 Å². The summed E-state index contributed by atoms with van der Waals surface area (Å²) in [7, 11) is 2.14. The van der Waals surface area contributed by atoms with Crippen molar-refractivity contribution in [1.29, 1.82) is 5.26 Å². The molecule has 3 nitrogen and oxygen atoms in total. The lowest BCUT2D eigenvalue weighted by atomic mass is 9.89. The molecular weight excluding hydrogens is 342 g/mol. The van der Waals surface area contributed by atoms with Crippen LogP contribution in [0.25, 0.3) is 17.0 Å². The zero-order valence-corrected chi connectivity index (χ0v) is 17.9. The Balaban J connectivity index is 1.85. The highest BCUT2D eigenvalue weighted by molar-refractivity contribution is 5.92. The summed E-state index contributed by atoms with van der Waals surface area (Å²) < 4.78 is 2.27. The number of benzene rings is 1. The summed E-state index contributed by atoms with van der Waals surface area (Å²) in [6.07, 6.45) is 6.33. The lowest BCUT2D eigenvalue weighted by molar-refractivity contribution is 0.955. The van der Waals surface area contributed by atoms with Crippen molar-refractivity contribution in [2.24, 2.45) is 7.05 Å². The summed E-state index contributed by atoms with van der Waals surface area (Å²) in [6, 6.07) is 2.32. The Morgan fingerprint density at radius 3 is 2.43 bits per heavy atom. The highest BCUT2D eigenvalue weighted by Gasteiger charge is 2.23. The second-order valence-electron chi connectivity index (χ2n) is 8.33. The second-order valence-corrected chi connectivity index (χ2v) is 8.33. The number of nitrogens with zero attached hydrogens (tertiary/aromatic N) is 3. The molecule has 0 saturated carbocycles. The van der Waals surface area contributed by atoms with E-state index in [9.17, 15) is 5.26 Å². The minimum atomic E-state index is 0.722. The number of aryl methyl sites for hydroxylation is 4. The van der Waals surface area contributed by atoms with Crippen LogP contribution in [0.2, 0.25) is 0 Å². The SMILES string of the molecule is Cc1nc2c(c(C)c1C#N)C=C(Cc1c(C)c(C)c(C)c3c1c(C)cn3C)C2. The first-order chi connectivity index (χ1) is 13.2. The van der Waals surface area contributed by atoms with Crippen LogP contribution in [0.15, 0.2) is 11.8 Å². The van der Waals surface area contributed by atoms with Gasteiger partial charge in [0.1, 0.15) is 6.07 Å². The van der Waals surface area contributed by atoms with E-state index in [-0.39, 0.29) is 0 Å². The molecule has 0 aliphatic heterocycles. The number of aromatic nitrogens is 2. The summed E-state index contributed by atoms with van der Waals surface area (Å²) in [5, 5.41) is 10.9. The molecule has 1 aromatic carbocycles. The van der Waals surface area contributed by atoms with Gasteiger partial charge in [0.2, 0.25) is 0 Å². The molecule has 0 unspecified atom stereocenters. The van der Waals surface area contributed by atoms with Crippen molar-refractivity contribution in [2.45, 2.75) is 54.4 Å². The van der Waals surface area contributed by atoms with Crippen molar-refractivity contribution in [3.05, 3.63) is 67.7 Å². The highest BCUT2D eigenvalue weighted by Crippen LogP contribution is 2.37. The highest BCUT2D eigenvalue weighted by atomic mass is 14.9. The molecule has 0 saturated heterocycles. The number of nitriles is 1. The molecular formula is C25H27N3. The fourth-order valence-corrected chi connectivity index (χ4v) is 4.95. The Morgan fingerprint density at radius 2 is 1.75 bits per heavy atom. The first kappa shape index (κ1) is 18.5. The summed E-state index contributed by atoms with van der Waals surface area (Å²) in [4.78, 5) is 4.74. The van der Waals surface area contributed by atoms with Gasteiger partial charge in [-0.05, 0) is 81.3 Å². The predicted molar refractivity (Wildman–Crippen MR) is 116 cm³/mol. The number of pyridine rings is 1. The Kier molecular flexibility index (Phi) is 4.19. The number of hydrogen-bond acceptors (Lipinski definition) is 2. The normalized spacial score (nSPS) is 13.0. The second kappa shape index (κ2) is 6.34. The van der Waals surface area contributed by atoms with E-state index in [1.165, 1.54) is 44.3 Å². The maximum atomic E-state index is 9.46. The predicted octanol–water partition coefficient (Wildman–Crippen LogP) is 5.48. The van der Waals surface area contributed by atoms with E-state index in [4.69, 9.17) is 4.98 Å². The first-order valence-corrected chi connectivity index (χ1v) is 9.88. The zero-order chi connectivity index (χ0) is 20.3. The Bertz CT molecular complexity index is 1230. The van der Waals surface area contributed by atoms with Crippen LogP contribution < -0.4 is 0 Å². The number of rotatable bonds is 2. The maximum Gasteiger partial charge on any atom is 0.101 e. The third-order valence-electron chi connectivity index (χ3n) is 6.62. The molecule has 0 amide bonds. The number of hydrogen-bond donors (Lipinski definition) is 0. The van der Waals surface area contributed by atoms with Crippen LogP contribution in [0.4, 0.5) is 0 Å². The summed E-state index contributed by atoms with van der Waals surface area (Å²) in [5.74, 6) is 0. The van der Waals surface area contributed by atoms with E-state index in [1.807, 2.05) is 13.8 Å². The van der Waals surface area contributed by atoms with E-state index in [1.54, 1.807) is 0 Å². The Labute approximate surface area is 167 Å². The molecule has 142 valence electrons. The van der Waals surface area contributed by atoms with Gasteiger partial charge in [0, 0.05) is 30.6 Å². The molecule has 0 N–H and O–H groups in total. The number of allylic oxidation sites excluding steroid dienone is 1. The van der Waals surface area contributed by atoms with Gasteiger partial charge in [0.25, 0.3) is 0 Å². The monoisotopic (exact) mass is 369 g/mol. The maximum absolute atomic E-state index is 9.46. The van der Waals surface area contributed by atoms with Crippen molar-refractivity contribution in [2.75, 3.05) is 0 Å². The van der Waals surface area contributed by atoms with Crippen molar-refractivity contribution < 1.29 is 0 Å². The molecule has 3 heteroatoms. The largest absolute Gasteiger partial charge is 0.350 e. The molecule has 1 aliphatic rings. The average Bonchev–Trinajstić information content (AvgIpc) is 3.17. The van der Waals surface area contributed by atoms with Gasteiger partial charge in [-0.1, -0.05) is 11.6 Å². The Hall–Kier alpha value is -2.86. The summed E-state index contributed by atoms with van der Waals surface area (Å²) >= 11 is 0. The molecule has 0 spiro atoms. The lowest BCUT2D eigenvalue weighted by Crippen LogP contribution is -2.02. The van der Waals surface area contributed by atoms with E-state index >= 15 is 0 Å². The van der Waals surface area contributed by atoms with Gasteiger partial charge in [0.05, 0.1) is 22.5 Å². The van der Waals surface area contributed by atoms with Crippen molar-refractivity contribution in [3.63, 3.8) is 0 Å². The molecule has 0 radical (unpaired) electrons. The minimum absolute atomic E-state index is 0.722. The summed E-state index contributed by atoms with van der Waals surface area (Å²) in [6.45, 7) is 12.9. The average molecular weight is 370 g/mol. The van der Waals surface area contributed by atoms with Gasteiger partial charge < -0.3 is 4.57 Å². The molecule has 1 aliphatic carbocycles. The van der Waals surface area contributed by atoms with E-state index in [0.717, 1.165) is 40.9 Å². The first-order valence-electron chi connectivity index (χ1n) is 9.88. The van der Waals surface area contributed by atoms with Gasteiger partial charge in [-0.15, -0.1) is 0 Å². The molecule has 3 aromatic rings. The quantitative estimate of drug-likeness (QED) is 0.600. The van der Waals surface area contributed by atoms with Crippen LogP contribution in [-0.2, 0) is 19.9 Å². The third-order valence-corrected chi connectivity index (χ3v) is 6.62. The fourth-order valence-electron chi connectivity index (χ4n) is 4.95. The minimum Gasteiger partial charge on any atom is -0.350 e. The number of fused-ring (bicyclic) bond motifs is 2. The summed E-state index contributed by atoms with van der Waals surface area (Å²) in [5.41, 5.74) is 14.6. The van der Waals surface area contributed by atoms with Crippen molar-refractivity contribution >= 4 is 17.0 Å². The van der Waals surface area contributed by atoms with Crippen LogP contribution >= 0.6 is 0 Å². The molecule has 4 rings (SSSR count). The van der Waals surface area contributed by atoms with Crippen LogP contribution in [0.5, 0.6) is 0 Å². The smallest absolute Gasteiger partial charge is 0.101 e. The molecule has 28 heavy (non-hydrogen) atoms. The van der Waals surface area contributed by atoms with Gasteiger partial charge >= 0.3 is 0 Å². The topological polar surface area (TPSA) is 41.6 Å². The third kappa shape index (κ3) is 2.52. The van der Waals surface area contributed by atoms with E-state index in [0.29, 0.717) is 0 Å². The lowest BCUT2D eigenvalue weighted by Gasteiger charge is -2.16. The van der Waals surface area contributed by atoms with Gasteiger partial charge in [-0.2, -0.15) is 5.26 Å². The van der Waals surface area contributed by atoms with E-state index in [2.05, 4.69) is 57.7 Å². The molecule has 0 bridgehead atoms. The molecule has 2 aromatic heterocycles. The fraction of sp³-hybridized carbons (Fsp3) is 0.360.